The van der Waals surface area contributed by atoms with Gasteiger partial charge in [-0.1, -0.05) is 109 Å². The highest BCUT2D eigenvalue weighted by Crippen LogP contribution is 2.76. The van der Waals surface area contributed by atoms with Crippen LogP contribution in [0.4, 0.5) is 5.69 Å². The normalized spacial score (nSPS) is 30.2. The first kappa shape index (κ1) is 50.4. The molecule has 0 N–H and O–H groups in total. The van der Waals surface area contributed by atoms with Crippen molar-refractivity contribution in [2.75, 3.05) is 31.1 Å². The van der Waals surface area contributed by atoms with E-state index in [4.69, 9.17) is 13.9 Å². The van der Waals surface area contributed by atoms with Crippen LogP contribution < -0.4 is 14.8 Å². The van der Waals surface area contributed by atoms with Crippen LogP contribution >= 0.6 is 0 Å². The number of fused-ring (bicyclic) bond motifs is 9. The number of hydrogen-bond donors (Lipinski definition) is 0. The molecule has 7 heteroatoms. The Balaban J connectivity index is 0.950. The minimum Gasteiger partial charge on any atom is -0.460 e. The van der Waals surface area contributed by atoms with Crippen molar-refractivity contribution in [3.63, 3.8) is 0 Å². The van der Waals surface area contributed by atoms with E-state index in [0.717, 1.165) is 140 Å². The molecular formula is C65H83N2O5+. The fourth-order valence-corrected chi connectivity index (χ4v) is 16.5. The van der Waals surface area contributed by atoms with Crippen LogP contribution in [0.2, 0.25) is 0 Å². The summed E-state index contributed by atoms with van der Waals surface area (Å²) in [5.41, 5.74) is 7.54. The van der Waals surface area contributed by atoms with E-state index >= 15 is 4.79 Å². The molecule has 7 aliphatic rings. The molecule has 3 aromatic rings. The van der Waals surface area contributed by atoms with E-state index in [1.165, 1.54) is 0 Å². The first-order valence-corrected chi connectivity index (χ1v) is 27.9. The number of carbonyl (C=O) groups excluding carboxylic acids is 2. The number of carbonyl (C=O) groups is 2. The topological polar surface area (TPSA) is 72.0 Å². The summed E-state index contributed by atoms with van der Waals surface area (Å²) in [7, 11) is 0. The second-order valence-corrected chi connectivity index (χ2v) is 24.9. The van der Waals surface area contributed by atoms with Gasteiger partial charge in [0.15, 0.2) is 0 Å². The number of anilines is 1. The molecule has 0 bridgehead atoms. The van der Waals surface area contributed by atoms with Crippen LogP contribution in [0.5, 0.6) is 0 Å². The lowest BCUT2D eigenvalue weighted by Crippen LogP contribution is -2.65. The zero-order valence-electron chi connectivity index (χ0n) is 45.6. The Kier molecular flexibility index (Phi) is 13.0. The molecule has 0 amide bonds. The lowest BCUT2D eigenvalue weighted by Gasteiger charge is -2.71. The number of ether oxygens (including phenoxy) is 2. The van der Waals surface area contributed by atoms with Gasteiger partial charge in [-0.05, 0) is 167 Å². The Morgan fingerprint density at radius 1 is 0.736 bits per heavy atom. The van der Waals surface area contributed by atoms with Crippen molar-refractivity contribution in [1.29, 1.82) is 0 Å². The molecule has 0 unspecified atom stereocenters. The number of benzene rings is 4. The molecule has 8 atom stereocenters. The molecule has 10 rings (SSSR count). The summed E-state index contributed by atoms with van der Waals surface area (Å²) in [5.74, 6) is 1.63. The fraction of sp³-hybridized carbons (Fsp3) is 0.554. The maximum absolute atomic E-state index is 15.1. The Hall–Kier alpha value is -5.17. The molecule has 4 fully saturated rings. The van der Waals surface area contributed by atoms with E-state index < -0.39 is 5.41 Å². The van der Waals surface area contributed by atoms with Gasteiger partial charge in [-0.15, -0.1) is 0 Å². The molecule has 1 aliphatic heterocycles. The summed E-state index contributed by atoms with van der Waals surface area (Å²) in [6, 6.07) is 31.3. The van der Waals surface area contributed by atoms with E-state index in [2.05, 4.69) is 146 Å². The summed E-state index contributed by atoms with van der Waals surface area (Å²) in [4.78, 5) is 32.0. The van der Waals surface area contributed by atoms with Gasteiger partial charge < -0.3 is 18.8 Å². The summed E-state index contributed by atoms with van der Waals surface area (Å²) >= 11 is 0. The predicted octanol–water partition coefficient (Wildman–Crippen LogP) is 14.9. The van der Waals surface area contributed by atoms with Crippen LogP contribution in [0.1, 0.15) is 156 Å². The number of esters is 2. The molecular weight excluding hydrogens is 889 g/mol. The maximum atomic E-state index is 15.1. The third-order valence-electron chi connectivity index (χ3n) is 20.8. The SMILES string of the molecule is CCN(CC)c1ccc2c(-c3ccccc3C(=O)O[C@H]3CC[C@]4(C)[C@H]5CC=C6[C@@H]7CC(C)(C)CC[C@]7(C(=O)OCc7ccccc7)CC[C@@]6(C)[C@]5(C)CC[C@H]4C3(C)C)c3ccc(=[N+](CC)CC)cc-3oc2c1. The molecule has 382 valence electrons. The van der Waals surface area contributed by atoms with Gasteiger partial charge in [0.25, 0.3) is 0 Å². The van der Waals surface area contributed by atoms with Crippen LogP contribution in [0.15, 0.2) is 107 Å². The summed E-state index contributed by atoms with van der Waals surface area (Å²) in [6.45, 7) is 30.1. The van der Waals surface area contributed by atoms with Gasteiger partial charge in [0.05, 0.1) is 17.0 Å². The van der Waals surface area contributed by atoms with Gasteiger partial charge in [0.1, 0.15) is 37.1 Å². The minimum absolute atomic E-state index is 0.0126. The zero-order chi connectivity index (χ0) is 51.0. The van der Waals surface area contributed by atoms with Gasteiger partial charge in [-0.3, -0.25) is 4.79 Å². The highest BCUT2D eigenvalue weighted by atomic mass is 16.5. The van der Waals surface area contributed by atoms with E-state index in [0.29, 0.717) is 24.0 Å². The largest absolute Gasteiger partial charge is 0.460 e. The molecule has 4 saturated carbocycles. The molecule has 72 heavy (non-hydrogen) atoms. The molecule has 7 nitrogen and oxygen atoms in total. The van der Waals surface area contributed by atoms with Crippen LogP contribution in [0.25, 0.3) is 33.4 Å². The number of rotatable bonds is 11. The van der Waals surface area contributed by atoms with Crippen LogP contribution in [0, 0.1) is 50.2 Å². The van der Waals surface area contributed by atoms with Crippen molar-refractivity contribution < 1.29 is 23.5 Å². The quantitative estimate of drug-likeness (QED) is 0.0568. The van der Waals surface area contributed by atoms with Crippen molar-refractivity contribution in [3.05, 3.63) is 119 Å². The summed E-state index contributed by atoms with van der Waals surface area (Å²) < 4.78 is 22.4. The standard InChI is InChI=1S/C65H83N2O5/c1-12-66(13-2)44-25-27-48-52(39-44)71-53-40-45(67(14-3)15-4)26-28-49(53)57(48)46-23-19-20-24-47(46)58(68)72-56-32-33-62(9)54(61(56,7)8)31-34-64(11)55(62)30-29-50-51-41-60(5,6)35-37-65(51,38-36-63(50,64)10)59(69)70-42-43-21-17-16-18-22-43/h16-29,39-40,51,54-56H,12-15,30-38,41-42H2,1-11H3/q+1/t51-,54-,55+,56-,62-,63+,64+,65-/m0/s1. The molecule has 0 aromatic heterocycles. The molecule has 6 aliphatic carbocycles. The highest BCUT2D eigenvalue weighted by molar-refractivity contribution is 6.08. The first-order valence-electron chi connectivity index (χ1n) is 27.9. The Bertz CT molecular complexity index is 2940. The van der Waals surface area contributed by atoms with Crippen molar-refractivity contribution in [2.45, 2.75) is 153 Å². The summed E-state index contributed by atoms with van der Waals surface area (Å²) in [6.07, 6.45) is 12.4. The van der Waals surface area contributed by atoms with Crippen LogP contribution in [-0.4, -0.2) is 44.2 Å². The summed E-state index contributed by atoms with van der Waals surface area (Å²) in [5, 5.41) is 2.10. The molecule has 0 spiro atoms. The van der Waals surface area contributed by atoms with Crippen molar-refractivity contribution in [1.82, 2.24) is 4.58 Å². The van der Waals surface area contributed by atoms with E-state index in [1.807, 2.05) is 36.4 Å². The average Bonchev–Trinajstić information content (AvgIpc) is 3.36. The second-order valence-electron chi connectivity index (χ2n) is 24.9. The third-order valence-corrected chi connectivity index (χ3v) is 20.8. The van der Waals surface area contributed by atoms with Gasteiger partial charge in [-0.25, -0.2) is 9.37 Å². The van der Waals surface area contributed by atoms with Crippen LogP contribution in [-0.2, 0) is 20.9 Å². The maximum Gasteiger partial charge on any atom is 0.339 e. The molecule has 1 heterocycles. The fourth-order valence-electron chi connectivity index (χ4n) is 16.5. The highest BCUT2D eigenvalue weighted by Gasteiger charge is 2.69. The smallest absolute Gasteiger partial charge is 0.339 e. The Morgan fingerprint density at radius 2 is 1.46 bits per heavy atom. The van der Waals surface area contributed by atoms with Crippen molar-refractivity contribution in [2.24, 2.45) is 50.2 Å². The van der Waals surface area contributed by atoms with E-state index in [1.54, 1.807) is 5.57 Å². The average molecular weight is 972 g/mol. The van der Waals surface area contributed by atoms with Crippen LogP contribution in [0.3, 0.4) is 0 Å². The molecule has 3 aromatic carbocycles. The van der Waals surface area contributed by atoms with Gasteiger partial charge >= 0.3 is 11.9 Å². The minimum atomic E-state index is -0.470. The van der Waals surface area contributed by atoms with Gasteiger partial charge in [0.2, 0.25) is 5.36 Å². The predicted molar refractivity (Wildman–Crippen MR) is 293 cm³/mol. The number of hydrogen-bond acceptors (Lipinski definition) is 6. The third kappa shape index (κ3) is 7.99. The monoisotopic (exact) mass is 972 g/mol. The van der Waals surface area contributed by atoms with Gasteiger partial charge in [-0.2, -0.15) is 0 Å². The van der Waals surface area contributed by atoms with Crippen molar-refractivity contribution >= 4 is 28.6 Å². The Labute approximate surface area is 430 Å². The first-order chi connectivity index (χ1) is 34.4. The lowest BCUT2D eigenvalue weighted by atomic mass is 9.33. The number of nitrogens with zero attached hydrogens (tertiary/aromatic N) is 2. The number of allylic oxidation sites excluding steroid dienone is 2. The second kappa shape index (κ2) is 18.6. The van der Waals surface area contributed by atoms with Crippen molar-refractivity contribution in [3.8, 4) is 22.5 Å². The van der Waals surface area contributed by atoms with E-state index in [9.17, 15) is 4.79 Å². The van der Waals surface area contributed by atoms with Gasteiger partial charge in [0, 0.05) is 52.8 Å². The molecule has 0 saturated heterocycles. The zero-order valence-corrected chi connectivity index (χ0v) is 45.6. The molecule has 0 radical (unpaired) electrons. The lowest BCUT2D eigenvalue weighted by molar-refractivity contribution is -0.206. The van der Waals surface area contributed by atoms with E-state index in [-0.39, 0.29) is 51.0 Å². The Morgan fingerprint density at radius 3 is 2.19 bits per heavy atom.